The first-order chi connectivity index (χ1) is 10.2. The zero-order chi connectivity index (χ0) is 14.7. The predicted octanol–water partition coefficient (Wildman–Crippen LogP) is 1.32. The van der Waals surface area contributed by atoms with Crippen LogP contribution in [0.4, 0.5) is 0 Å². The van der Waals surface area contributed by atoms with Crippen LogP contribution in [0.5, 0.6) is 0 Å². The molecule has 1 amide bonds. The van der Waals surface area contributed by atoms with E-state index in [2.05, 4.69) is 36.5 Å². The predicted molar refractivity (Wildman–Crippen MR) is 84.1 cm³/mol. The Morgan fingerprint density at radius 2 is 2.00 bits per heavy atom. The van der Waals surface area contributed by atoms with Crippen molar-refractivity contribution < 1.29 is 9.69 Å². The molecule has 3 atom stereocenters. The van der Waals surface area contributed by atoms with Gasteiger partial charge in [-0.2, -0.15) is 0 Å². The van der Waals surface area contributed by atoms with Crippen molar-refractivity contribution in [1.29, 1.82) is 0 Å². The quantitative estimate of drug-likeness (QED) is 0.864. The highest BCUT2D eigenvalue weighted by atomic mass is 16.2. The summed E-state index contributed by atoms with van der Waals surface area (Å²) in [5, 5.41) is 3.28. The molecule has 1 aliphatic carbocycles. The van der Waals surface area contributed by atoms with Gasteiger partial charge in [-0.3, -0.25) is 4.79 Å². The maximum Gasteiger partial charge on any atom is 0.275 e. The molecule has 3 rings (SSSR count). The first kappa shape index (κ1) is 14.6. The van der Waals surface area contributed by atoms with Crippen LogP contribution in [0.2, 0.25) is 0 Å². The standard InChI is InChI=1S/C18H26N2O/c1-14-6-2-5-9-17(14)19-18(21)13-20-11-10-15-7-3-4-8-16(15)12-20/h3-4,7-8,14,17H,2,5-6,9-13H2,1H3,(H,19,21)/p+1/t14-,17-/m0/s1. The molecule has 1 aromatic rings. The summed E-state index contributed by atoms with van der Waals surface area (Å²) in [6.45, 7) is 4.96. The Labute approximate surface area is 127 Å². The van der Waals surface area contributed by atoms with Gasteiger partial charge in [0, 0.05) is 18.0 Å². The van der Waals surface area contributed by atoms with Crippen molar-refractivity contribution >= 4 is 5.91 Å². The second-order valence-corrected chi connectivity index (χ2v) is 6.81. The maximum absolute atomic E-state index is 12.3. The molecule has 1 aliphatic heterocycles. The van der Waals surface area contributed by atoms with Gasteiger partial charge in [-0.25, -0.2) is 0 Å². The molecule has 3 heteroatoms. The van der Waals surface area contributed by atoms with Crippen LogP contribution < -0.4 is 10.2 Å². The van der Waals surface area contributed by atoms with Crippen LogP contribution in [-0.4, -0.2) is 25.0 Å². The lowest BCUT2D eigenvalue weighted by atomic mass is 9.86. The molecule has 2 aliphatic rings. The topological polar surface area (TPSA) is 33.5 Å². The second-order valence-electron chi connectivity index (χ2n) is 6.81. The number of hydrogen-bond donors (Lipinski definition) is 2. The van der Waals surface area contributed by atoms with E-state index in [0.29, 0.717) is 18.5 Å². The van der Waals surface area contributed by atoms with E-state index >= 15 is 0 Å². The normalized spacial score (nSPS) is 28.7. The SMILES string of the molecule is C[C@H]1CCCC[C@@H]1NC(=O)C[NH+]1CCc2ccccc2C1. The van der Waals surface area contributed by atoms with Gasteiger partial charge in [0.05, 0.1) is 6.54 Å². The average Bonchev–Trinajstić information content (AvgIpc) is 2.49. The van der Waals surface area contributed by atoms with Gasteiger partial charge >= 0.3 is 0 Å². The molecule has 1 heterocycles. The second kappa shape index (κ2) is 6.61. The number of benzene rings is 1. The number of fused-ring (bicyclic) bond motifs is 1. The van der Waals surface area contributed by atoms with E-state index in [4.69, 9.17) is 0 Å². The molecule has 2 N–H and O–H groups in total. The van der Waals surface area contributed by atoms with Crippen LogP contribution in [0.1, 0.15) is 43.7 Å². The molecule has 3 nitrogen and oxygen atoms in total. The minimum Gasteiger partial charge on any atom is -0.348 e. The first-order valence-electron chi connectivity index (χ1n) is 8.42. The number of amides is 1. The van der Waals surface area contributed by atoms with Crippen molar-refractivity contribution in [3.63, 3.8) is 0 Å². The summed E-state index contributed by atoms with van der Waals surface area (Å²) in [4.78, 5) is 13.7. The lowest BCUT2D eigenvalue weighted by Gasteiger charge is -2.30. The Bertz CT molecular complexity index is 500. The molecule has 1 saturated carbocycles. The molecule has 0 spiro atoms. The molecule has 114 valence electrons. The Morgan fingerprint density at radius 1 is 1.24 bits per heavy atom. The molecule has 0 saturated heterocycles. The zero-order valence-electron chi connectivity index (χ0n) is 13.0. The summed E-state index contributed by atoms with van der Waals surface area (Å²) < 4.78 is 0. The smallest absolute Gasteiger partial charge is 0.275 e. The Balaban J connectivity index is 1.52. The Morgan fingerprint density at radius 3 is 2.81 bits per heavy atom. The number of quaternary nitrogens is 1. The van der Waals surface area contributed by atoms with Gasteiger partial charge in [-0.05, 0) is 24.3 Å². The molecule has 1 fully saturated rings. The minimum atomic E-state index is 0.239. The number of hydrogen-bond acceptors (Lipinski definition) is 1. The highest BCUT2D eigenvalue weighted by Crippen LogP contribution is 2.23. The number of carbonyl (C=O) groups excluding carboxylic acids is 1. The van der Waals surface area contributed by atoms with Crippen molar-refractivity contribution in [2.75, 3.05) is 13.1 Å². The fraction of sp³-hybridized carbons (Fsp3) is 0.611. The average molecular weight is 287 g/mol. The Hall–Kier alpha value is -1.35. The van der Waals surface area contributed by atoms with Gasteiger partial charge in [0.25, 0.3) is 5.91 Å². The van der Waals surface area contributed by atoms with Crippen molar-refractivity contribution in [2.45, 2.75) is 51.6 Å². The molecule has 0 aromatic heterocycles. The van der Waals surface area contributed by atoms with E-state index in [1.54, 1.807) is 0 Å². The maximum atomic E-state index is 12.3. The van der Waals surface area contributed by atoms with E-state index in [1.807, 2.05) is 0 Å². The minimum absolute atomic E-state index is 0.239. The summed E-state index contributed by atoms with van der Waals surface area (Å²) in [6.07, 6.45) is 6.10. The van der Waals surface area contributed by atoms with Crippen LogP contribution in [0.15, 0.2) is 24.3 Å². The van der Waals surface area contributed by atoms with Crippen molar-refractivity contribution in [3.8, 4) is 0 Å². The van der Waals surface area contributed by atoms with Crippen LogP contribution in [-0.2, 0) is 17.8 Å². The van der Waals surface area contributed by atoms with E-state index < -0.39 is 0 Å². The fourth-order valence-corrected chi connectivity index (χ4v) is 3.81. The first-order valence-corrected chi connectivity index (χ1v) is 8.42. The van der Waals surface area contributed by atoms with E-state index in [9.17, 15) is 4.79 Å². The van der Waals surface area contributed by atoms with Gasteiger partial charge in [0.2, 0.25) is 0 Å². The molecule has 1 unspecified atom stereocenters. The lowest BCUT2D eigenvalue weighted by molar-refractivity contribution is -0.908. The monoisotopic (exact) mass is 287 g/mol. The zero-order valence-corrected chi connectivity index (χ0v) is 13.0. The highest BCUT2D eigenvalue weighted by molar-refractivity contribution is 5.77. The molecular weight excluding hydrogens is 260 g/mol. The van der Waals surface area contributed by atoms with Gasteiger partial charge in [-0.1, -0.05) is 44.0 Å². The van der Waals surface area contributed by atoms with Crippen LogP contribution >= 0.6 is 0 Å². The van der Waals surface area contributed by atoms with Gasteiger partial charge < -0.3 is 10.2 Å². The van der Waals surface area contributed by atoms with E-state index in [-0.39, 0.29) is 5.91 Å². The summed E-state index contributed by atoms with van der Waals surface area (Å²) in [6, 6.07) is 9.04. The third-order valence-electron chi connectivity index (χ3n) is 5.18. The molecule has 0 radical (unpaired) electrons. The van der Waals surface area contributed by atoms with Crippen molar-refractivity contribution in [3.05, 3.63) is 35.4 Å². The number of nitrogens with one attached hydrogen (secondary N) is 2. The highest BCUT2D eigenvalue weighted by Gasteiger charge is 2.26. The lowest BCUT2D eigenvalue weighted by Crippen LogP contribution is -3.13. The third kappa shape index (κ3) is 3.65. The summed E-state index contributed by atoms with van der Waals surface area (Å²) in [7, 11) is 0. The van der Waals surface area contributed by atoms with E-state index in [0.717, 1.165) is 25.9 Å². The number of rotatable bonds is 3. The fourth-order valence-electron chi connectivity index (χ4n) is 3.81. The van der Waals surface area contributed by atoms with Crippen molar-refractivity contribution in [2.24, 2.45) is 5.92 Å². The van der Waals surface area contributed by atoms with Gasteiger partial charge in [0.1, 0.15) is 6.54 Å². The molecule has 1 aromatic carbocycles. The van der Waals surface area contributed by atoms with Crippen LogP contribution in [0.3, 0.4) is 0 Å². The van der Waals surface area contributed by atoms with Gasteiger partial charge in [0.15, 0.2) is 6.54 Å². The third-order valence-corrected chi connectivity index (χ3v) is 5.18. The molecule has 0 bridgehead atoms. The number of carbonyl (C=O) groups is 1. The Kier molecular flexibility index (Phi) is 4.59. The van der Waals surface area contributed by atoms with E-state index in [1.165, 1.54) is 35.3 Å². The summed E-state index contributed by atoms with van der Waals surface area (Å²) >= 11 is 0. The largest absolute Gasteiger partial charge is 0.348 e. The van der Waals surface area contributed by atoms with Gasteiger partial charge in [-0.15, -0.1) is 0 Å². The molecular formula is C18H27N2O+. The summed E-state index contributed by atoms with van der Waals surface area (Å²) in [5.41, 5.74) is 2.88. The summed E-state index contributed by atoms with van der Waals surface area (Å²) in [5.74, 6) is 0.878. The van der Waals surface area contributed by atoms with Crippen LogP contribution in [0, 0.1) is 5.92 Å². The van der Waals surface area contributed by atoms with Crippen molar-refractivity contribution in [1.82, 2.24) is 5.32 Å². The molecule has 21 heavy (non-hydrogen) atoms. The van der Waals surface area contributed by atoms with Crippen LogP contribution in [0.25, 0.3) is 0 Å².